The molecule has 1 aromatic carbocycles. The van der Waals surface area contributed by atoms with Gasteiger partial charge in [0.2, 0.25) is 5.91 Å². The molecular formula is C16H20N2O2. The van der Waals surface area contributed by atoms with Gasteiger partial charge in [-0.25, -0.2) is 0 Å². The van der Waals surface area contributed by atoms with E-state index in [9.17, 15) is 4.79 Å². The van der Waals surface area contributed by atoms with Gasteiger partial charge in [-0.05, 0) is 24.6 Å². The number of aryl methyl sites for hydroxylation is 1. The molecule has 0 aliphatic rings. The molecule has 0 aliphatic heterocycles. The molecule has 2 aromatic rings. The Labute approximate surface area is 119 Å². The van der Waals surface area contributed by atoms with Gasteiger partial charge in [-0.1, -0.05) is 18.2 Å². The number of aromatic nitrogens is 1. The van der Waals surface area contributed by atoms with Gasteiger partial charge in [0.25, 0.3) is 0 Å². The highest BCUT2D eigenvalue weighted by Gasteiger charge is 2.04. The van der Waals surface area contributed by atoms with Crippen molar-refractivity contribution in [2.24, 2.45) is 0 Å². The number of rotatable bonds is 7. The van der Waals surface area contributed by atoms with Crippen molar-refractivity contribution in [1.29, 1.82) is 0 Å². The van der Waals surface area contributed by atoms with E-state index in [1.807, 2.05) is 48.8 Å². The molecule has 20 heavy (non-hydrogen) atoms. The third-order valence-corrected chi connectivity index (χ3v) is 3.15. The molecule has 1 N–H and O–H groups in total. The van der Waals surface area contributed by atoms with E-state index >= 15 is 0 Å². The quantitative estimate of drug-likeness (QED) is 0.842. The van der Waals surface area contributed by atoms with E-state index in [0.29, 0.717) is 13.0 Å². The Bertz CT molecular complexity index is 535. The minimum Gasteiger partial charge on any atom is -0.496 e. The maximum atomic E-state index is 11.8. The van der Waals surface area contributed by atoms with E-state index in [0.717, 1.165) is 24.3 Å². The largest absolute Gasteiger partial charge is 0.496 e. The van der Waals surface area contributed by atoms with Crippen LogP contribution in [0.3, 0.4) is 0 Å². The van der Waals surface area contributed by atoms with E-state index in [-0.39, 0.29) is 5.91 Å². The van der Waals surface area contributed by atoms with Gasteiger partial charge in [-0.3, -0.25) is 4.79 Å². The van der Waals surface area contributed by atoms with Crippen molar-refractivity contribution in [1.82, 2.24) is 9.88 Å². The number of carbonyl (C=O) groups is 1. The highest BCUT2D eigenvalue weighted by Crippen LogP contribution is 2.16. The molecule has 0 aliphatic carbocycles. The fourth-order valence-electron chi connectivity index (χ4n) is 2.07. The van der Waals surface area contributed by atoms with Crippen molar-refractivity contribution in [2.75, 3.05) is 7.11 Å². The van der Waals surface area contributed by atoms with Crippen LogP contribution >= 0.6 is 0 Å². The van der Waals surface area contributed by atoms with Crippen LogP contribution in [-0.4, -0.2) is 17.6 Å². The van der Waals surface area contributed by atoms with Crippen molar-refractivity contribution in [3.05, 3.63) is 54.4 Å². The third kappa shape index (κ3) is 4.16. The molecule has 2 rings (SSSR count). The lowest BCUT2D eigenvalue weighted by atomic mass is 10.2. The molecule has 4 nitrogen and oxygen atoms in total. The van der Waals surface area contributed by atoms with Crippen LogP contribution in [0.15, 0.2) is 48.8 Å². The second-order valence-corrected chi connectivity index (χ2v) is 4.61. The topological polar surface area (TPSA) is 43.3 Å². The normalized spacial score (nSPS) is 10.2. The van der Waals surface area contributed by atoms with Gasteiger partial charge in [0.05, 0.1) is 7.11 Å². The number of benzene rings is 1. The minimum atomic E-state index is 0.0723. The number of amides is 1. The average Bonchev–Trinajstić information content (AvgIpc) is 2.98. The van der Waals surface area contributed by atoms with E-state index in [4.69, 9.17) is 4.74 Å². The standard InChI is InChI=1S/C16H20N2O2/c1-20-15-8-3-2-7-14(15)13-17-16(19)9-6-12-18-10-4-5-11-18/h2-5,7-8,10-11H,6,9,12-13H2,1H3,(H,17,19). The van der Waals surface area contributed by atoms with Crippen molar-refractivity contribution < 1.29 is 9.53 Å². The first kappa shape index (κ1) is 14.2. The zero-order valence-corrected chi connectivity index (χ0v) is 11.7. The summed E-state index contributed by atoms with van der Waals surface area (Å²) < 4.78 is 7.33. The van der Waals surface area contributed by atoms with Gasteiger partial charge < -0.3 is 14.6 Å². The van der Waals surface area contributed by atoms with Gasteiger partial charge >= 0.3 is 0 Å². The van der Waals surface area contributed by atoms with Crippen LogP contribution < -0.4 is 10.1 Å². The first-order valence-corrected chi connectivity index (χ1v) is 6.79. The van der Waals surface area contributed by atoms with Gasteiger partial charge in [0.15, 0.2) is 0 Å². The third-order valence-electron chi connectivity index (χ3n) is 3.15. The second-order valence-electron chi connectivity index (χ2n) is 4.61. The van der Waals surface area contributed by atoms with Crippen LogP contribution in [0.2, 0.25) is 0 Å². The second kappa shape index (κ2) is 7.38. The smallest absolute Gasteiger partial charge is 0.220 e. The van der Waals surface area contributed by atoms with Crippen LogP contribution in [0.25, 0.3) is 0 Å². The number of nitrogens with one attached hydrogen (secondary N) is 1. The van der Waals surface area contributed by atoms with Crippen LogP contribution in [0.4, 0.5) is 0 Å². The molecule has 0 radical (unpaired) electrons. The zero-order valence-electron chi connectivity index (χ0n) is 11.7. The molecular weight excluding hydrogens is 252 g/mol. The number of methoxy groups -OCH3 is 1. The molecule has 4 heteroatoms. The van der Waals surface area contributed by atoms with E-state index in [2.05, 4.69) is 9.88 Å². The molecule has 1 amide bonds. The summed E-state index contributed by atoms with van der Waals surface area (Å²) in [6.45, 7) is 1.38. The Balaban J connectivity index is 1.72. The molecule has 0 unspecified atom stereocenters. The van der Waals surface area contributed by atoms with Crippen LogP contribution in [0.1, 0.15) is 18.4 Å². The summed E-state index contributed by atoms with van der Waals surface area (Å²) in [4.78, 5) is 11.8. The summed E-state index contributed by atoms with van der Waals surface area (Å²) in [5.74, 6) is 0.878. The van der Waals surface area contributed by atoms with Gasteiger partial charge in [-0.2, -0.15) is 0 Å². The van der Waals surface area contributed by atoms with Gasteiger partial charge in [0.1, 0.15) is 5.75 Å². The van der Waals surface area contributed by atoms with Crippen LogP contribution in [-0.2, 0) is 17.9 Å². The monoisotopic (exact) mass is 272 g/mol. The molecule has 1 aromatic heterocycles. The van der Waals surface area contributed by atoms with Crippen molar-refractivity contribution in [3.63, 3.8) is 0 Å². The molecule has 0 saturated heterocycles. The Hall–Kier alpha value is -2.23. The number of hydrogen-bond donors (Lipinski definition) is 1. The predicted octanol–water partition coefficient (Wildman–Crippen LogP) is 2.59. The number of hydrogen-bond acceptors (Lipinski definition) is 2. The van der Waals surface area contributed by atoms with Crippen molar-refractivity contribution in [3.8, 4) is 5.75 Å². The minimum absolute atomic E-state index is 0.0723. The fraction of sp³-hybridized carbons (Fsp3) is 0.312. The zero-order chi connectivity index (χ0) is 14.2. The molecule has 0 spiro atoms. The summed E-state index contributed by atoms with van der Waals surface area (Å²) in [5.41, 5.74) is 0.994. The molecule has 0 atom stereocenters. The highest BCUT2D eigenvalue weighted by molar-refractivity contribution is 5.75. The first-order valence-electron chi connectivity index (χ1n) is 6.79. The van der Waals surface area contributed by atoms with E-state index in [1.165, 1.54) is 0 Å². The lowest BCUT2D eigenvalue weighted by molar-refractivity contribution is -0.121. The Morgan fingerprint density at radius 2 is 1.95 bits per heavy atom. The summed E-state index contributed by atoms with van der Waals surface area (Å²) in [6.07, 6.45) is 5.39. The summed E-state index contributed by atoms with van der Waals surface area (Å²) in [7, 11) is 1.64. The first-order chi connectivity index (χ1) is 9.79. The Morgan fingerprint density at radius 1 is 1.20 bits per heavy atom. The molecule has 0 fully saturated rings. The average molecular weight is 272 g/mol. The summed E-state index contributed by atoms with van der Waals surface area (Å²) >= 11 is 0. The summed E-state index contributed by atoms with van der Waals surface area (Å²) in [6, 6.07) is 11.7. The fourth-order valence-corrected chi connectivity index (χ4v) is 2.07. The number of para-hydroxylation sites is 1. The van der Waals surface area contributed by atoms with E-state index in [1.54, 1.807) is 7.11 Å². The number of ether oxygens (including phenoxy) is 1. The van der Waals surface area contributed by atoms with Gasteiger partial charge in [0, 0.05) is 37.5 Å². The van der Waals surface area contributed by atoms with E-state index < -0.39 is 0 Å². The SMILES string of the molecule is COc1ccccc1CNC(=O)CCCn1cccc1. The highest BCUT2D eigenvalue weighted by atomic mass is 16.5. The number of nitrogens with zero attached hydrogens (tertiary/aromatic N) is 1. The van der Waals surface area contributed by atoms with Crippen LogP contribution in [0.5, 0.6) is 5.75 Å². The van der Waals surface area contributed by atoms with Crippen LogP contribution in [0, 0.1) is 0 Å². The van der Waals surface area contributed by atoms with Gasteiger partial charge in [-0.15, -0.1) is 0 Å². The molecule has 0 saturated carbocycles. The molecule has 1 heterocycles. The van der Waals surface area contributed by atoms with Crippen molar-refractivity contribution >= 4 is 5.91 Å². The Kier molecular flexibility index (Phi) is 5.24. The molecule has 0 bridgehead atoms. The lowest BCUT2D eigenvalue weighted by Crippen LogP contribution is -2.23. The molecule has 106 valence electrons. The maximum Gasteiger partial charge on any atom is 0.220 e. The maximum absolute atomic E-state index is 11.8. The summed E-state index contributed by atoms with van der Waals surface area (Å²) in [5, 5.41) is 2.93. The number of carbonyl (C=O) groups excluding carboxylic acids is 1. The predicted molar refractivity (Wildman–Crippen MR) is 78.5 cm³/mol. The Morgan fingerprint density at radius 3 is 2.70 bits per heavy atom. The lowest BCUT2D eigenvalue weighted by Gasteiger charge is -2.09. The van der Waals surface area contributed by atoms with Crippen molar-refractivity contribution in [2.45, 2.75) is 25.9 Å².